The molecule has 3 rings (SSSR count). The van der Waals surface area contributed by atoms with E-state index in [1.54, 1.807) is 4.68 Å². The first-order chi connectivity index (χ1) is 8.86. The third-order valence-corrected chi connectivity index (χ3v) is 3.08. The Hall–Kier alpha value is -1.75. The van der Waals surface area contributed by atoms with Crippen LogP contribution in [0, 0.1) is 0 Å². The maximum Gasteiger partial charge on any atom is 0.250 e. The molecule has 1 fully saturated rings. The fourth-order valence-corrected chi connectivity index (χ4v) is 1.87. The van der Waals surface area contributed by atoms with Crippen LogP contribution in [0.25, 0.3) is 5.95 Å². The van der Waals surface area contributed by atoms with Gasteiger partial charge in [0.2, 0.25) is 5.95 Å². The van der Waals surface area contributed by atoms with Crippen LogP contribution in [0.5, 0.6) is 0 Å². The zero-order chi connectivity index (χ0) is 12.4. The van der Waals surface area contributed by atoms with E-state index in [0.717, 1.165) is 24.3 Å². The van der Waals surface area contributed by atoms with Gasteiger partial charge >= 0.3 is 0 Å². The van der Waals surface area contributed by atoms with Crippen molar-refractivity contribution in [2.45, 2.75) is 32.2 Å². The first-order valence-electron chi connectivity index (χ1n) is 6.44. The van der Waals surface area contributed by atoms with E-state index >= 15 is 0 Å². The summed E-state index contributed by atoms with van der Waals surface area (Å²) in [4.78, 5) is 8.69. The van der Waals surface area contributed by atoms with Crippen molar-refractivity contribution in [1.82, 2.24) is 25.1 Å². The lowest BCUT2D eigenvalue weighted by Crippen LogP contribution is -2.12. The van der Waals surface area contributed by atoms with E-state index in [2.05, 4.69) is 33.4 Å². The lowest BCUT2D eigenvalue weighted by molar-refractivity contribution is 0.714. The maximum absolute atomic E-state index is 4.51. The van der Waals surface area contributed by atoms with Crippen LogP contribution in [0.4, 0.5) is 0 Å². The molecule has 0 unspecified atom stereocenters. The van der Waals surface area contributed by atoms with Crippen LogP contribution in [-0.4, -0.2) is 26.3 Å². The molecule has 2 heterocycles. The summed E-state index contributed by atoms with van der Waals surface area (Å²) in [7, 11) is 0. The van der Waals surface area contributed by atoms with Gasteiger partial charge in [-0.15, -0.1) is 0 Å². The molecule has 1 N–H and O–H groups in total. The van der Waals surface area contributed by atoms with Gasteiger partial charge in [-0.3, -0.25) is 0 Å². The summed E-state index contributed by atoms with van der Waals surface area (Å²) in [5, 5.41) is 7.76. The Labute approximate surface area is 106 Å². The fraction of sp³-hybridized carbons (Fsp3) is 0.462. The molecule has 1 aliphatic rings. The van der Waals surface area contributed by atoms with Gasteiger partial charge in [0.15, 0.2) is 0 Å². The number of rotatable bonds is 5. The summed E-state index contributed by atoms with van der Waals surface area (Å²) >= 11 is 0. The number of nitrogens with one attached hydrogen (secondary N) is 1. The minimum Gasteiger partial charge on any atom is -0.313 e. The van der Waals surface area contributed by atoms with Crippen molar-refractivity contribution in [3.05, 3.63) is 35.9 Å². The summed E-state index contributed by atoms with van der Waals surface area (Å²) in [6.07, 6.45) is 8.17. The summed E-state index contributed by atoms with van der Waals surface area (Å²) in [5.41, 5.74) is 2.26. The topological polar surface area (TPSA) is 55.6 Å². The maximum atomic E-state index is 4.51. The normalized spacial score (nSPS) is 14.9. The van der Waals surface area contributed by atoms with Crippen molar-refractivity contribution < 1.29 is 0 Å². The average Bonchev–Trinajstić information content (AvgIpc) is 3.15. The van der Waals surface area contributed by atoms with Gasteiger partial charge in [0.05, 0.1) is 5.69 Å². The van der Waals surface area contributed by atoms with Crippen LogP contribution < -0.4 is 5.32 Å². The highest BCUT2D eigenvalue weighted by Gasteiger charge is 2.26. The van der Waals surface area contributed by atoms with Gasteiger partial charge in [-0.25, -0.2) is 14.6 Å². The van der Waals surface area contributed by atoms with E-state index < -0.39 is 0 Å². The molecule has 0 atom stereocenters. The predicted molar refractivity (Wildman–Crippen MR) is 68.5 cm³/mol. The molecule has 0 spiro atoms. The molecule has 2 aromatic rings. The van der Waals surface area contributed by atoms with E-state index in [1.807, 2.05) is 18.6 Å². The molecule has 0 amide bonds. The van der Waals surface area contributed by atoms with Crippen molar-refractivity contribution in [1.29, 1.82) is 0 Å². The van der Waals surface area contributed by atoms with E-state index in [9.17, 15) is 0 Å². The Morgan fingerprint density at radius 2 is 2.11 bits per heavy atom. The number of aromatic nitrogens is 4. The lowest BCUT2D eigenvalue weighted by atomic mass is 10.3. The molecule has 0 bridgehead atoms. The molecule has 2 aromatic heterocycles. The molecule has 1 aliphatic carbocycles. The quantitative estimate of drug-likeness (QED) is 0.867. The second-order valence-corrected chi connectivity index (χ2v) is 4.63. The monoisotopic (exact) mass is 243 g/mol. The Morgan fingerprint density at radius 3 is 2.78 bits per heavy atom. The van der Waals surface area contributed by atoms with Gasteiger partial charge < -0.3 is 5.32 Å². The van der Waals surface area contributed by atoms with Crippen LogP contribution in [0.3, 0.4) is 0 Å². The second kappa shape index (κ2) is 4.86. The molecular formula is C13H17N5. The molecule has 0 saturated heterocycles. The highest BCUT2D eigenvalue weighted by atomic mass is 15.3. The number of hydrogen-bond donors (Lipinski definition) is 1. The molecule has 94 valence electrons. The summed E-state index contributed by atoms with van der Waals surface area (Å²) in [6.45, 7) is 3.84. The van der Waals surface area contributed by atoms with E-state index in [1.165, 1.54) is 12.8 Å². The van der Waals surface area contributed by atoms with Crippen molar-refractivity contribution in [3.63, 3.8) is 0 Å². The highest BCUT2D eigenvalue weighted by molar-refractivity contribution is 5.18. The summed E-state index contributed by atoms with van der Waals surface area (Å²) in [6, 6.07) is 2.06. The third kappa shape index (κ3) is 2.41. The first kappa shape index (κ1) is 11.3. The van der Waals surface area contributed by atoms with Gasteiger partial charge in [-0.2, -0.15) is 5.10 Å². The Kier molecular flexibility index (Phi) is 3.06. The van der Waals surface area contributed by atoms with Crippen molar-refractivity contribution in [2.24, 2.45) is 0 Å². The molecule has 5 nitrogen and oxygen atoms in total. The minimum atomic E-state index is 0.641. The highest BCUT2D eigenvalue weighted by Crippen LogP contribution is 2.38. The van der Waals surface area contributed by atoms with E-state index in [-0.39, 0.29) is 0 Å². The SMILES string of the molecule is CCNCc1cnc(-n2ccc(C3CC3)n2)nc1. The van der Waals surface area contributed by atoms with Crippen molar-refractivity contribution >= 4 is 0 Å². The number of hydrogen-bond acceptors (Lipinski definition) is 4. The third-order valence-electron chi connectivity index (χ3n) is 3.08. The van der Waals surface area contributed by atoms with Gasteiger partial charge in [-0.1, -0.05) is 6.92 Å². The summed E-state index contributed by atoms with van der Waals surface area (Å²) in [5.74, 6) is 1.31. The van der Waals surface area contributed by atoms with Crippen LogP contribution in [0.15, 0.2) is 24.7 Å². The summed E-state index contributed by atoms with van der Waals surface area (Å²) < 4.78 is 1.75. The van der Waals surface area contributed by atoms with Gasteiger partial charge in [0.1, 0.15) is 0 Å². The van der Waals surface area contributed by atoms with Crippen LogP contribution in [0.1, 0.15) is 36.9 Å². The molecule has 18 heavy (non-hydrogen) atoms. The van der Waals surface area contributed by atoms with E-state index in [0.29, 0.717) is 11.9 Å². The Bertz CT molecular complexity index is 512. The molecule has 0 aliphatic heterocycles. The molecule has 1 saturated carbocycles. The zero-order valence-electron chi connectivity index (χ0n) is 10.5. The average molecular weight is 243 g/mol. The number of nitrogens with zero attached hydrogens (tertiary/aromatic N) is 4. The standard InChI is InChI=1S/C13H17N5/c1-2-14-7-10-8-15-13(16-9-10)18-6-5-12(17-18)11-3-4-11/h5-6,8-9,11,14H,2-4,7H2,1H3. The molecule has 0 aromatic carbocycles. The largest absolute Gasteiger partial charge is 0.313 e. The van der Waals surface area contributed by atoms with Crippen molar-refractivity contribution in [2.75, 3.05) is 6.54 Å². The fourth-order valence-electron chi connectivity index (χ4n) is 1.87. The first-order valence-corrected chi connectivity index (χ1v) is 6.44. The van der Waals surface area contributed by atoms with Crippen molar-refractivity contribution in [3.8, 4) is 5.95 Å². The molecule has 5 heteroatoms. The van der Waals surface area contributed by atoms with Crippen LogP contribution in [0.2, 0.25) is 0 Å². The van der Waals surface area contributed by atoms with Gasteiger partial charge in [-0.05, 0) is 25.5 Å². The smallest absolute Gasteiger partial charge is 0.250 e. The van der Waals surface area contributed by atoms with E-state index in [4.69, 9.17) is 0 Å². The van der Waals surface area contributed by atoms with Gasteiger partial charge in [0.25, 0.3) is 0 Å². The van der Waals surface area contributed by atoms with Crippen LogP contribution in [-0.2, 0) is 6.54 Å². The molecular weight excluding hydrogens is 226 g/mol. The Balaban J connectivity index is 1.74. The minimum absolute atomic E-state index is 0.641. The Morgan fingerprint density at radius 1 is 1.33 bits per heavy atom. The molecule has 0 radical (unpaired) electrons. The predicted octanol–water partition coefficient (Wildman–Crippen LogP) is 1.65. The lowest BCUT2D eigenvalue weighted by Gasteiger charge is -2.02. The second-order valence-electron chi connectivity index (χ2n) is 4.63. The van der Waals surface area contributed by atoms with Gasteiger partial charge in [0, 0.05) is 36.6 Å². The zero-order valence-corrected chi connectivity index (χ0v) is 10.5. The van der Waals surface area contributed by atoms with Crippen LogP contribution >= 0.6 is 0 Å².